The van der Waals surface area contributed by atoms with E-state index in [1.165, 1.54) is 6.20 Å². The van der Waals surface area contributed by atoms with Gasteiger partial charge in [0, 0.05) is 12.4 Å². The van der Waals surface area contributed by atoms with E-state index in [0.717, 1.165) is 5.56 Å². The van der Waals surface area contributed by atoms with Gasteiger partial charge in [-0.2, -0.15) is 0 Å². The third-order valence-electron chi connectivity index (χ3n) is 3.58. The Morgan fingerprint density at radius 3 is 2.16 bits per heavy atom. The fourth-order valence-electron chi connectivity index (χ4n) is 2.37. The number of para-hydroxylation sites is 2. The van der Waals surface area contributed by atoms with E-state index < -0.39 is 0 Å². The lowest BCUT2D eigenvalue weighted by Crippen LogP contribution is -2.18. The van der Waals surface area contributed by atoms with Crippen molar-refractivity contribution in [2.45, 2.75) is 6.42 Å². The van der Waals surface area contributed by atoms with Crippen molar-refractivity contribution in [2.75, 3.05) is 10.6 Å². The molecular formula is C20H17N3O2. The quantitative estimate of drug-likeness (QED) is 0.751. The van der Waals surface area contributed by atoms with Crippen molar-refractivity contribution in [3.63, 3.8) is 0 Å². The summed E-state index contributed by atoms with van der Waals surface area (Å²) >= 11 is 0. The van der Waals surface area contributed by atoms with Crippen molar-refractivity contribution in [3.8, 4) is 0 Å². The molecule has 5 heteroatoms. The molecule has 5 nitrogen and oxygen atoms in total. The maximum Gasteiger partial charge on any atom is 0.257 e. The van der Waals surface area contributed by atoms with Crippen molar-refractivity contribution in [1.29, 1.82) is 0 Å². The number of hydrogen-bond donors (Lipinski definition) is 2. The van der Waals surface area contributed by atoms with Gasteiger partial charge < -0.3 is 10.6 Å². The summed E-state index contributed by atoms with van der Waals surface area (Å²) in [4.78, 5) is 28.5. The molecule has 124 valence electrons. The first-order chi connectivity index (χ1) is 12.2. The number of amides is 2. The number of anilines is 2. The number of nitrogens with zero attached hydrogens (tertiary/aromatic N) is 1. The Labute approximate surface area is 145 Å². The van der Waals surface area contributed by atoms with E-state index in [2.05, 4.69) is 15.6 Å². The molecule has 0 bridgehead atoms. The van der Waals surface area contributed by atoms with E-state index in [0.29, 0.717) is 16.9 Å². The van der Waals surface area contributed by atoms with Crippen molar-refractivity contribution >= 4 is 23.2 Å². The van der Waals surface area contributed by atoms with Gasteiger partial charge in [-0.25, -0.2) is 0 Å². The first kappa shape index (κ1) is 16.4. The topological polar surface area (TPSA) is 71.1 Å². The lowest BCUT2D eigenvalue weighted by Gasteiger charge is -2.12. The second kappa shape index (κ2) is 7.88. The van der Waals surface area contributed by atoms with Crippen molar-refractivity contribution in [3.05, 3.63) is 90.3 Å². The van der Waals surface area contributed by atoms with E-state index in [1.807, 2.05) is 30.3 Å². The third kappa shape index (κ3) is 4.51. The molecule has 1 aromatic heterocycles. The highest BCUT2D eigenvalue weighted by Crippen LogP contribution is 2.22. The number of nitrogens with one attached hydrogen (secondary N) is 2. The lowest BCUT2D eigenvalue weighted by atomic mass is 10.1. The van der Waals surface area contributed by atoms with Crippen LogP contribution in [0.2, 0.25) is 0 Å². The van der Waals surface area contributed by atoms with Gasteiger partial charge in [-0.15, -0.1) is 0 Å². The summed E-state index contributed by atoms with van der Waals surface area (Å²) in [5, 5.41) is 5.65. The Hall–Kier alpha value is -3.47. The second-order valence-corrected chi connectivity index (χ2v) is 5.45. The van der Waals surface area contributed by atoms with Crippen LogP contribution in [-0.2, 0) is 11.2 Å². The maximum atomic E-state index is 12.3. The molecule has 0 spiro atoms. The second-order valence-electron chi connectivity index (χ2n) is 5.45. The van der Waals surface area contributed by atoms with Crippen LogP contribution in [0.4, 0.5) is 11.4 Å². The summed E-state index contributed by atoms with van der Waals surface area (Å²) < 4.78 is 0. The average Bonchev–Trinajstić information content (AvgIpc) is 2.65. The zero-order valence-electron chi connectivity index (χ0n) is 13.5. The van der Waals surface area contributed by atoms with E-state index in [9.17, 15) is 9.59 Å². The predicted molar refractivity (Wildman–Crippen MR) is 97.4 cm³/mol. The average molecular weight is 331 g/mol. The molecule has 0 aliphatic rings. The highest BCUT2D eigenvalue weighted by Gasteiger charge is 2.11. The Bertz CT molecular complexity index is 864. The molecule has 3 rings (SSSR count). The zero-order valence-corrected chi connectivity index (χ0v) is 13.5. The molecular weight excluding hydrogens is 314 g/mol. The van der Waals surface area contributed by atoms with Crippen molar-refractivity contribution in [2.24, 2.45) is 0 Å². The number of carbonyl (C=O) groups is 2. The number of hydrogen-bond acceptors (Lipinski definition) is 3. The van der Waals surface area contributed by atoms with Gasteiger partial charge >= 0.3 is 0 Å². The minimum atomic E-state index is -0.280. The molecule has 0 radical (unpaired) electrons. The molecule has 0 aliphatic carbocycles. The molecule has 0 unspecified atom stereocenters. The summed E-state index contributed by atoms with van der Waals surface area (Å²) in [5.41, 5.74) is 2.48. The molecule has 0 fully saturated rings. The largest absolute Gasteiger partial charge is 0.324 e. The van der Waals surface area contributed by atoms with Crippen LogP contribution < -0.4 is 10.6 Å². The summed E-state index contributed by atoms with van der Waals surface area (Å²) in [7, 11) is 0. The van der Waals surface area contributed by atoms with Crippen LogP contribution in [-0.4, -0.2) is 16.8 Å². The van der Waals surface area contributed by atoms with Crippen LogP contribution in [0.25, 0.3) is 0 Å². The van der Waals surface area contributed by atoms with Gasteiger partial charge in [-0.05, 0) is 29.8 Å². The highest BCUT2D eigenvalue weighted by molar-refractivity contribution is 6.07. The molecule has 0 atom stereocenters. The Balaban J connectivity index is 1.70. The summed E-state index contributed by atoms with van der Waals surface area (Å²) in [5.74, 6) is -0.424. The van der Waals surface area contributed by atoms with E-state index >= 15 is 0 Å². The molecule has 2 N–H and O–H groups in total. The fourth-order valence-corrected chi connectivity index (χ4v) is 2.37. The van der Waals surface area contributed by atoms with Gasteiger partial charge in [-0.1, -0.05) is 42.5 Å². The molecule has 2 amide bonds. The van der Waals surface area contributed by atoms with Crippen molar-refractivity contribution in [1.82, 2.24) is 4.98 Å². The summed E-state index contributed by atoms with van der Waals surface area (Å²) in [6.45, 7) is 0. The molecule has 0 saturated carbocycles. The minimum Gasteiger partial charge on any atom is -0.324 e. The highest BCUT2D eigenvalue weighted by atomic mass is 16.2. The summed E-state index contributed by atoms with van der Waals surface area (Å²) in [6, 6.07) is 20.0. The van der Waals surface area contributed by atoms with Gasteiger partial charge in [0.15, 0.2) is 0 Å². The van der Waals surface area contributed by atoms with Crippen LogP contribution in [0, 0.1) is 0 Å². The van der Waals surface area contributed by atoms with Gasteiger partial charge in [0.2, 0.25) is 5.91 Å². The first-order valence-corrected chi connectivity index (χ1v) is 7.86. The van der Waals surface area contributed by atoms with Crippen LogP contribution in [0.3, 0.4) is 0 Å². The number of rotatable bonds is 5. The fraction of sp³-hybridized carbons (Fsp3) is 0.0500. The molecule has 25 heavy (non-hydrogen) atoms. The van der Waals surface area contributed by atoms with Gasteiger partial charge in [-0.3, -0.25) is 14.6 Å². The molecule has 3 aromatic rings. The monoisotopic (exact) mass is 331 g/mol. The number of pyridine rings is 1. The Morgan fingerprint density at radius 1 is 0.800 bits per heavy atom. The smallest absolute Gasteiger partial charge is 0.257 e. The van der Waals surface area contributed by atoms with E-state index in [1.54, 1.807) is 42.6 Å². The SMILES string of the molecule is O=C(Cc1ccccc1)Nc1ccccc1NC(=O)c1cccnc1. The predicted octanol–water partition coefficient (Wildman–Crippen LogP) is 3.52. The van der Waals surface area contributed by atoms with Crippen molar-refractivity contribution < 1.29 is 9.59 Å². The van der Waals surface area contributed by atoms with E-state index in [-0.39, 0.29) is 18.2 Å². The normalized spacial score (nSPS) is 10.1. The van der Waals surface area contributed by atoms with Crippen LogP contribution in [0.5, 0.6) is 0 Å². The van der Waals surface area contributed by atoms with Crippen LogP contribution in [0.1, 0.15) is 15.9 Å². The Kier molecular flexibility index (Phi) is 5.16. The first-order valence-electron chi connectivity index (χ1n) is 7.86. The number of aromatic nitrogens is 1. The Morgan fingerprint density at radius 2 is 1.48 bits per heavy atom. The number of benzene rings is 2. The van der Waals surface area contributed by atoms with Gasteiger partial charge in [0.25, 0.3) is 5.91 Å². The molecule has 0 saturated heterocycles. The lowest BCUT2D eigenvalue weighted by molar-refractivity contribution is -0.115. The van der Waals surface area contributed by atoms with Crippen LogP contribution in [0.15, 0.2) is 79.1 Å². The van der Waals surface area contributed by atoms with Gasteiger partial charge in [0.1, 0.15) is 0 Å². The molecule has 0 aliphatic heterocycles. The third-order valence-corrected chi connectivity index (χ3v) is 3.58. The maximum absolute atomic E-state index is 12.3. The van der Waals surface area contributed by atoms with Crippen LogP contribution >= 0.6 is 0 Å². The summed E-state index contributed by atoms with van der Waals surface area (Å²) in [6.07, 6.45) is 3.37. The van der Waals surface area contributed by atoms with E-state index in [4.69, 9.17) is 0 Å². The van der Waals surface area contributed by atoms with Gasteiger partial charge in [0.05, 0.1) is 23.4 Å². The standard InChI is InChI=1S/C20H17N3O2/c24-19(13-15-7-2-1-3-8-15)22-17-10-4-5-11-18(17)23-20(25)16-9-6-12-21-14-16/h1-12,14H,13H2,(H,22,24)(H,23,25). The molecule has 2 aromatic carbocycles. The number of carbonyl (C=O) groups excluding carboxylic acids is 2. The molecule has 1 heterocycles. The minimum absolute atomic E-state index is 0.144. The zero-order chi connectivity index (χ0) is 17.5.